The SMILES string of the molecule is CCCCOc1ccc(-c2nnn(Cc3nnc(-c4ccccc4)o3)n2)cc1. The van der Waals surface area contributed by atoms with Crippen LogP contribution < -0.4 is 4.74 Å². The predicted octanol–water partition coefficient (Wildman–Crippen LogP) is 3.62. The Morgan fingerprint density at radius 1 is 0.929 bits per heavy atom. The zero-order valence-corrected chi connectivity index (χ0v) is 15.5. The molecule has 8 heteroatoms. The number of benzene rings is 2. The summed E-state index contributed by atoms with van der Waals surface area (Å²) in [6, 6.07) is 17.3. The third-order valence-corrected chi connectivity index (χ3v) is 4.10. The molecule has 0 unspecified atom stereocenters. The fourth-order valence-electron chi connectivity index (χ4n) is 2.60. The van der Waals surface area contributed by atoms with Crippen molar-refractivity contribution in [1.82, 2.24) is 30.4 Å². The van der Waals surface area contributed by atoms with Gasteiger partial charge in [-0.25, -0.2) is 0 Å². The number of unbranched alkanes of at least 4 members (excludes halogenated alkanes) is 1. The quantitative estimate of drug-likeness (QED) is 0.434. The largest absolute Gasteiger partial charge is 0.494 e. The third-order valence-electron chi connectivity index (χ3n) is 4.10. The molecule has 0 bridgehead atoms. The Hall–Kier alpha value is -3.55. The molecule has 0 saturated carbocycles. The lowest BCUT2D eigenvalue weighted by Crippen LogP contribution is -2.04. The first-order chi connectivity index (χ1) is 13.8. The minimum Gasteiger partial charge on any atom is -0.494 e. The number of hydrogen-bond donors (Lipinski definition) is 0. The van der Waals surface area contributed by atoms with Crippen LogP contribution >= 0.6 is 0 Å². The number of hydrogen-bond acceptors (Lipinski definition) is 7. The molecular formula is C20H20N6O2. The van der Waals surface area contributed by atoms with Gasteiger partial charge in [0.05, 0.1) is 6.61 Å². The Morgan fingerprint density at radius 2 is 1.75 bits per heavy atom. The van der Waals surface area contributed by atoms with E-state index in [1.165, 1.54) is 4.80 Å². The molecule has 0 amide bonds. The molecule has 0 atom stereocenters. The lowest BCUT2D eigenvalue weighted by Gasteiger charge is -2.05. The zero-order chi connectivity index (χ0) is 19.2. The lowest BCUT2D eigenvalue weighted by molar-refractivity contribution is 0.309. The van der Waals surface area contributed by atoms with Crippen LogP contribution in [-0.4, -0.2) is 37.0 Å². The summed E-state index contributed by atoms with van der Waals surface area (Å²) in [6.45, 7) is 3.11. The van der Waals surface area contributed by atoms with Crippen LogP contribution in [0.3, 0.4) is 0 Å². The van der Waals surface area contributed by atoms with Gasteiger partial charge in [0.1, 0.15) is 12.3 Å². The maximum Gasteiger partial charge on any atom is 0.247 e. The molecular weight excluding hydrogens is 356 g/mol. The second-order valence-electron chi connectivity index (χ2n) is 6.24. The van der Waals surface area contributed by atoms with Gasteiger partial charge in [-0.3, -0.25) is 0 Å². The smallest absolute Gasteiger partial charge is 0.247 e. The van der Waals surface area contributed by atoms with Crippen molar-refractivity contribution in [3.8, 4) is 28.6 Å². The van der Waals surface area contributed by atoms with Crippen molar-refractivity contribution in [2.45, 2.75) is 26.3 Å². The van der Waals surface area contributed by atoms with Gasteiger partial charge in [-0.15, -0.1) is 20.4 Å². The highest BCUT2D eigenvalue weighted by molar-refractivity contribution is 5.55. The van der Waals surface area contributed by atoms with Crippen molar-refractivity contribution >= 4 is 0 Å². The molecule has 0 N–H and O–H groups in total. The van der Waals surface area contributed by atoms with E-state index in [0.717, 1.165) is 36.3 Å². The van der Waals surface area contributed by atoms with Crippen molar-refractivity contribution in [3.05, 3.63) is 60.5 Å². The molecule has 0 radical (unpaired) electrons. The van der Waals surface area contributed by atoms with Crippen molar-refractivity contribution < 1.29 is 9.15 Å². The minimum absolute atomic E-state index is 0.255. The second-order valence-corrected chi connectivity index (χ2v) is 6.24. The number of aromatic nitrogens is 6. The average Bonchev–Trinajstić information content (AvgIpc) is 3.40. The fourth-order valence-corrected chi connectivity index (χ4v) is 2.60. The van der Waals surface area contributed by atoms with Crippen LogP contribution in [0.4, 0.5) is 0 Å². The van der Waals surface area contributed by atoms with Gasteiger partial charge in [0, 0.05) is 11.1 Å². The molecule has 0 aliphatic heterocycles. The van der Waals surface area contributed by atoms with Crippen LogP contribution in [0.25, 0.3) is 22.8 Å². The normalized spacial score (nSPS) is 10.9. The summed E-state index contributed by atoms with van der Waals surface area (Å²) in [5, 5.41) is 20.7. The van der Waals surface area contributed by atoms with E-state index in [1.54, 1.807) is 0 Å². The monoisotopic (exact) mass is 376 g/mol. The summed E-state index contributed by atoms with van der Waals surface area (Å²) in [6.07, 6.45) is 2.15. The van der Waals surface area contributed by atoms with Gasteiger partial charge in [0.25, 0.3) is 0 Å². The van der Waals surface area contributed by atoms with E-state index in [2.05, 4.69) is 32.5 Å². The van der Waals surface area contributed by atoms with Crippen molar-refractivity contribution in [1.29, 1.82) is 0 Å². The molecule has 0 aliphatic rings. The van der Waals surface area contributed by atoms with E-state index < -0.39 is 0 Å². The molecule has 142 valence electrons. The summed E-state index contributed by atoms with van der Waals surface area (Å²) in [5.74, 6) is 2.25. The molecule has 2 heterocycles. The average molecular weight is 376 g/mol. The Morgan fingerprint density at radius 3 is 2.54 bits per heavy atom. The van der Waals surface area contributed by atoms with E-state index >= 15 is 0 Å². The van der Waals surface area contributed by atoms with Crippen LogP contribution in [-0.2, 0) is 6.54 Å². The Bertz CT molecular complexity index is 1010. The van der Waals surface area contributed by atoms with E-state index in [4.69, 9.17) is 9.15 Å². The molecule has 28 heavy (non-hydrogen) atoms. The van der Waals surface area contributed by atoms with Gasteiger partial charge in [0.2, 0.25) is 17.6 Å². The standard InChI is InChI=1S/C20H20N6O2/c1-2-3-13-27-17-11-9-15(10-12-17)19-22-25-26(24-19)14-18-21-23-20(28-18)16-7-5-4-6-8-16/h4-12H,2-3,13-14H2,1H3. The van der Waals surface area contributed by atoms with Crippen LogP contribution in [0, 0.1) is 0 Å². The molecule has 2 aromatic carbocycles. The maximum absolute atomic E-state index is 5.68. The van der Waals surface area contributed by atoms with Gasteiger partial charge in [-0.1, -0.05) is 31.5 Å². The van der Waals surface area contributed by atoms with Crippen molar-refractivity contribution in [2.24, 2.45) is 0 Å². The molecule has 4 rings (SSSR count). The highest BCUT2D eigenvalue weighted by atomic mass is 16.5. The predicted molar refractivity (Wildman–Crippen MR) is 102 cm³/mol. The first kappa shape index (κ1) is 17.8. The fraction of sp³-hybridized carbons (Fsp3) is 0.250. The van der Waals surface area contributed by atoms with Gasteiger partial charge < -0.3 is 9.15 Å². The van der Waals surface area contributed by atoms with Crippen LogP contribution in [0.5, 0.6) is 5.75 Å². The van der Waals surface area contributed by atoms with E-state index in [0.29, 0.717) is 17.6 Å². The molecule has 0 aliphatic carbocycles. The molecule has 0 spiro atoms. The van der Waals surface area contributed by atoms with Crippen LogP contribution in [0.2, 0.25) is 0 Å². The maximum atomic E-state index is 5.68. The summed E-state index contributed by atoms with van der Waals surface area (Å²) in [5.41, 5.74) is 1.74. The highest BCUT2D eigenvalue weighted by Crippen LogP contribution is 2.20. The van der Waals surface area contributed by atoms with Gasteiger partial charge in [0.15, 0.2) is 0 Å². The summed E-state index contributed by atoms with van der Waals surface area (Å²) >= 11 is 0. The molecule has 4 aromatic rings. The van der Waals surface area contributed by atoms with Gasteiger partial charge in [-0.2, -0.15) is 4.80 Å². The molecule has 2 aromatic heterocycles. The molecule has 8 nitrogen and oxygen atoms in total. The summed E-state index contributed by atoms with van der Waals surface area (Å²) in [7, 11) is 0. The Labute approximate surface area is 162 Å². The summed E-state index contributed by atoms with van der Waals surface area (Å²) < 4.78 is 11.4. The topological polar surface area (TPSA) is 91.8 Å². The van der Waals surface area contributed by atoms with Crippen molar-refractivity contribution in [2.75, 3.05) is 6.61 Å². The van der Waals surface area contributed by atoms with Gasteiger partial charge in [-0.05, 0) is 48.0 Å². The first-order valence-electron chi connectivity index (χ1n) is 9.20. The number of tetrazole rings is 1. The van der Waals surface area contributed by atoms with Crippen LogP contribution in [0.1, 0.15) is 25.7 Å². The third kappa shape index (κ3) is 4.22. The first-order valence-corrected chi connectivity index (χ1v) is 9.20. The zero-order valence-electron chi connectivity index (χ0n) is 15.5. The highest BCUT2D eigenvalue weighted by Gasteiger charge is 2.12. The van der Waals surface area contributed by atoms with Crippen LogP contribution in [0.15, 0.2) is 59.0 Å². The van der Waals surface area contributed by atoms with E-state index in [1.807, 2.05) is 54.6 Å². The summed E-state index contributed by atoms with van der Waals surface area (Å²) in [4.78, 5) is 1.43. The lowest BCUT2D eigenvalue weighted by atomic mass is 10.2. The molecule has 0 saturated heterocycles. The second kappa shape index (κ2) is 8.43. The minimum atomic E-state index is 0.255. The Kier molecular flexibility index (Phi) is 5.37. The Balaban J connectivity index is 1.41. The number of ether oxygens (including phenoxy) is 1. The number of nitrogens with zero attached hydrogens (tertiary/aromatic N) is 6. The van der Waals surface area contributed by atoms with E-state index in [-0.39, 0.29) is 6.54 Å². The van der Waals surface area contributed by atoms with Gasteiger partial charge >= 0.3 is 0 Å². The van der Waals surface area contributed by atoms with Crippen molar-refractivity contribution in [3.63, 3.8) is 0 Å². The number of rotatable bonds is 8. The van der Waals surface area contributed by atoms with E-state index in [9.17, 15) is 0 Å². The molecule has 0 fully saturated rings.